The van der Waals surface area contributed by atoms with Gasteiger partial charge in [0, 0.05) is 12.6 Å². The molecule has 0 unspecified atom stereocenters. The third-order valence-electron chi connectivity index (χ3n) is 3.05. The predicted octanol–water partition coefficient (Wildman–Crippen LogP) is 2.22. The first kappa shape index (κ1) is 14.7. The van der Waals surface area contributed by atoms with E-state index in [4.69, 9.17) is 15.2 Å². The summed E-state index contributed by atoms with van der Waals surface area (Å²) in [4.78, 5) is 11.5. The second-order valence-corrected chi connectivity index (χ2v) is 4.47. The van der Waals surface area contributed by atoms with Gasteiger partial charge in [0.05, 0.1) is 12.8 Å². The number of hydrogen-bond acceptors (Lipinski definition) is 4. The molecule has 2 aromatic rings. The average molecular weight is 286 g/mol. The maximum absolute atomic E-state index is 11.5. The summed E-state index contributed by atoms with van der Waals surface area (Å²) < 4.78 is 10.8. The Morgan fingerprint density at radius 3 is 2.48 bits per heavy atom. The van der Waals surface area contributed by atoms with E-state index in [-0.39, 0.29) is 5.91 Å². The van der Waals surface area contributed by atoms with Crippen molar-refractivity contribution in [2.75, 3.05) is 19.9 Å². The van der Waals surface area contributed by atoms with Crippen LogP contribution in [-0.4, -0.2) is 20.1 Å². The average Bonchev–Trinajstić information content (AvgIpc) is 2.53. The number of ether oxygens (including phenoxy) is 2. The van der Waals surface area contributed by atoms with Crippen LogP contribution in [0.25, 0.3) is 0 Å². The second kappa shape index (κ2) is 6.65. The lowest BCUT2D eigenvalue weighted by Crippen LogP contribution is -2.17. The number of nitrogens with two attached hydrogens (primary N) is 1. The van der Waals surface area contributed by atoms with E-state index >= 15 is 0 Å². The fraction of sp³-hybridized carbons (Fsp3) is 0.188. The maximum Gasteiger partial charge on any atom is 0.251 e. The molecular weight excluding hydrogens is 268 g/mol. The van der Waals surface area contributed by atoms with Gasteiger partial charge in [-0.3, -0.25) is 4.79 Å². The maximum atomic E-state index is 11.5. The van der Waals surface area contributed by atoms with Gasteiger partial charge in [-0.05, 0) is 35.9 Å². The van der Waals surface area contributed by atoms with E-state index in [0.29, 0.717) is 23.6 Å². The van der Waals surface area contributed by atoms with Crippen molar-refractivity contribution >= 4 is 11.6 Å². The van der Waals surface area contributed by atoms with Crippen molar-refractivity contribution in [3.05, 3.63) is 53.6 Å². The third-order valence-corrected chi connectivity index (χ3v) is 3.05. The van der Waals surface area contributed by atoms with Gasteiger partial charge in [-0.25, -0.2) is 0 Å². The zero-order chi connectivity index (χ0) is 15.2. The number of anilines is 1. The summed E-state index contributed by atoms with van der Waals surface area (Å²) in [7, 11) is 3.20. The molecule has 0 heterocycles. The molecule has 110 valence electrons. The van der Waals surface area contributed by atoms with Crippen LogP contribution in [0.5, 0.6) is 11.5 Å². The standard InChI is InChI=1S/C16H18N2O3/c1-18-16(19)12-5-8-15(14(17)9-12)21-10-11-3-6-13(20-2)7-4-11/h3-9H,10,17H2,1-2H3,(H,18,19). The zero-order valence-electron chi connectivity index (χ0n) is 12.1. The van der Waals surface area contributed by atoms with Crippen LogP contribution in [0, 0.1) is 0 Å². The first-order valence-electron chi connectivity index (χ1n) is 6.51. The largest absolute Gasteiger partial charge is 0.497 e. The summed E-state index contributed by atoms with van der Waals surface area (Å²) in [5.41, 5.74) is 7.84. The number of rotatable bonds is 5. The minimum absolute atomic E-state index is 0.177. The molecule has 0 aromatic heterocycles. The molecule has 3 N–H and O–H groups in total. The Balaban J connectivity index is 2.04. The third kappa shape index (κ3) is 3.66. The van der Waals surface area contributed by atoms with Crippen LogP contribution in [0.3, 0.4) is 0 Å². The summed E-state index contributed by atoms with van der Waals surface area (Å²) >= 11 is 0. The van der Waals surface area contributed by atoms with Gasteiger partial charge < -0.3 is 20.5 Å². The van der Waals surface area contributed by atoms with Crippen LogP contribution in [0.4, 0.5) is 5.69 Å². The highest BCUT2D eigenvalue weighted by Gasteiger charge is 2.07. The molecule has 21 heavy (non-hydrogen) atoms. The molecule has 0 radical (unpaired) electrons. The van der Waals surface area contributed by atoms with Gasteiger partial charge in [-0.1, -0.05) is 12.1 Å². The molecule has 0 saturated carbocycles. The minimum Gasteiger partial charge on any atom is -0.497 e. The summed E-state index contributed by atoms with van der Waals surface area (Å²) in [6, 6.07) is 12.6. The number of nitrogens with one attached hydrogen (secondary N) is 1. The van der Waals surface area contributed by atoms with Gasteiger partial charge in [0.1, 0.15) is 18.1 Å². The minimum atomic E-state index is -0.177. The molecule has 2 rings (SSSR count). The number of nitrogen functional groups attached to an aromatic ring is 1. The van der Waals surface area contributed by atoms with E-state index in [2.05, 4.69) is 5.32 Å². The summed E-state index contributed by atoms with van der Waals surface area (Å²) in [5, 5.41) is 2.55. The van der Waals surface area contributed by atoms with E-state index in [1.807, 2.05) is 24.3 Å². The van der Waals surface area contributed by atoms with Crippen molar-refractivity contribution in [3.8, 4) is 11.5 Å². The number of carbonyl (C=O) groups excluding carboxylic acids is 1. The number of hydrogen-bond donors (Lipinski definition) is 2. The van der Waals surface area contributed by atoms with Crippen molar-refractivity contribution in [2.45, 2.75) is 6.61 Å². The van der Waals surface area contributed by atoms with Crippen LogP contribution >= 0.6 is 0 Å². The van der Waals surface area contributed by atoms with Crippen LogP contribution < -0.4 is 20.5 Å². The Labute approximate surface area is 123 Å². The number of carbonyl (C=O) groups is 1. The van der Waals surface area contributed by atoms with Crippen molar-refractivity contribution in [2.24, 2.45) is 0 Å². The summed E-state index contributed by atoms with van der Waals surface area (Å²) in [5.74, 6) is 1.18. The van der Waals surface area contributed by atoms with Crippen molar-refractivity contribution in [1.29, 1.82) is 0 Å². The summed E-state index contributed by atoms with van der Waals surface area (Å²) in [6.45, 7) is 0.396. The zero-order valence-corrected chi connectivity index (χ0v) is 12.1. The molecule has 0 bridgehead atoms. The second-order valence-electron chi connectivity index (χ2n) is 4.47. The monoisotopic (exact) mass is 286 g/mol. The molecule has 0 aliphatic heterocycles. The molecule has 0 fully saturated rings. The lowest BCUT2D eigenvalue weighted by atomic mass is 10.1. The molecule has 0 atom stereocenters. The van der Waals surface area contributed by atoms with Crippen LogP contribution in [0.2, 0.25) is 0 Å². The molecular formula is C16H18N2O3. The topological polar surface area (TPSA) is 73.6 Å². The van der Waals surface area contributed by atoms with E-state index < -0.39 is 0 Å². The van der Waals surface area contributed by atoms with Crippen LogP contribution in [0.15, 0.2) is 42.5 Å². The number of benzene rings is 2. The molecule has 5 heteroatoms. The Morgan fingerprint density at radius 2 is 1.90 bits per heavy atom. The van der Waals surface area contributed by atoms with Gasteiger partial charge in [0.25, 0.3) is 5.91 Å². The SMILES string of the molecule is CNC(=O)c1ccc(OCc2ccc(OC)cc2)c(N)c1. The molecule has 0 saturated heterocycles. The van der Waals surface area contributed by atoms with Crippen molar-refractivity contribution in [3.63, 3.8) is 0 Å². The van der Waals surface area contributed by atoms with Crippen LogP contribution in [0.1, 0.15) is 15.9 Å². The van der Waals surface area contributed by atoms with Gasteiger partial charge >= 0.3 is 0 Å². The Bertz CT molecular complexity index is 624. The van der Waals surface area contributed by atoms with E-state index in [0.717, 1.165) is 11.3 Å². The lowest BCUT2D eigenvalue weighted by molar-refractivity contribution is 0.0963. The highest BCUT2D eigenvalue weighted by atomic mass is 16.5. The van der Waals surface area contributed by atoms with Crippen LogP contribution in [-0.2, 0) is 6.61 Å². The highest BCUT2D eigenvalue weighted by Crippen LogP contribution is 2.24. The fourth-order valence-corrected chi connectivity index (χ4v) is 1.85. The molecule has 0 aliphatic rings. The number of amides is 1. The Hall–Kier alpha value is -2.69. The predicted molar refractivity (Wildman–Crippen MR) is 81.6 cm³/mol. The first-order chi connectivity index (χ1) is 10.1. The number of methoxy groups -OCH3 is 1. The highest BCUT2D eigenvalue weighted by molar-refractivity contribution is 5.95. The normalized spacial score (nSPS) is 10.0. The Kier molecular flexibility index (Phi) is 4.66. The van der Waals surface area contributed by atoms with Gasteiger partial charge in [0.15, 0.2) is 0 Å². The molecule has 0 spiro atoms. The first-order valence-corrected chi connectivity index (χ1v) is 6.51. The Morgan fingerprint density at radius 1 is 1.19 bits per heavy atom. The van der Waals surface area contributed by atoms with Gasteiger partial charge in [-0.2, -0.15) is 0 Å². The van der Waals surface area contributed by atoms with E-state index in [1.54, 1.807) is 32.4 Å². The van der Waals surface area contributed by atoms with E-state index in [1.165, 1.54) is 0 Å². The quantitative estimate of drug-likeness (QED) is 0.827. The lowest BCUT2D eigenvalue weighted by Gasteiger charge is -2.10. The van der Waals surface area contributed by atoms with Crippen molar-refractivity contribution in [1.82, 2.24) is 5.32 Å². The van der Waals surface area contributed by atoms with Gasteiger partial charge in [0.2, 0.25) is 0 Å². The van der Waals surface area contributed by atoms with Gasteiger partial charge in [-0.15, -0.1) is 0 Å². The molecule has 1 amide bonds. The fourth-order valence-electron chi connectivity index (χ4n) is 1.85. The van der Waals surface area contributed by atoms with Crippen molar-refractivity contribution < 1.29 is 14.3 Å². The summed E-state index contributed by atoms with van der Waals surface area (Å²) in [6.07, 6.45) is 0. The molecule has 0 aliphatic carbocycles. The van der Waals surface area contributed by atoms with E-state index in [9.17, 15) is 4.79 Å². The smallest absolute Gasteiger partial charge is 0.251 e. The molecule has 2 aromatic carbocycles. The molecule has 5 nitrogen and oxygen atoms in total.